The predicted octanol–water partition coefficient (Wildman–Crippen LogP) is 2.09. The van der Waals surface area contributed by atoms with Crippen LogP contribution >= 0.6 is 11.6 Å². The maximum atomic E-state index is 12.5. The summed E-state index contributed by atoms with van der Waals surface area (Å²) >= 11 is 5.75. The first kappa shape index (κ1) is 15.4. The molecule has 0 radical (unpaired) electrons. The fraction of sp³-hybridized carbons (Fsp3) is 0.250. The van der Waals surface area contributed by atoms with Gasteiger partial charge in [0.05, 0.1) is 11.0 Å². The van der Waals surface area contributed by atoms with E-state index in [1.54, 1.807) is 0 Å². The Morgan fingerprint density at radius 1 is 1.43 bits per heavy atom. The van der Waals surface area contributed by atoms with Crippen molar-refractivity contribution in [1.82, 2.24) is 4.31 Å². The Labute approximate surface area is 126 Å². The molecule has 0 aliphatic carbocycles. The Morgan fingerprint density at radius 2 is 2.14 bits per heavy atom. The zero-order valence-corrected chi connectivity index (χ0v) is 12.3. The second-order valence-corrected chi connectivity index (χ2v) is 6.67. The van der Waals surface area contributed by atoms with Crippen LogP contribution in [0.15, 0.2) is 34.7 Å². The number of benzene rings is 1. The van der Waals surface area contributed by atoms with Gasteiger partial charge >= 0.3 is 0 Å². The van der Waals surface area contributed by atoms with E-state index in [0.717, 1.165) is 16.4 Å². The van der Waals surface area contributed by atoms with Crippen molar-refractivity contribution in [2.45, 2.75) is 11.3 Å². The fourth-order valence-corrected chi connectivity index (χ4v) is 3.76. The quantitative estimate of drug-likeness (QED) is 0.624. The van der Waals surface area contributed by atoms with E-state index < -0.39 is 25.5 Å². The van der Waals surface area contributed by atoms with Gasteiger partial charge in [-0.15, -0.1) is 0 Å². The van der Waals surface area contributed by atoms with E-state index in [0.29, 0.717) is 5.57 Å². The number of hydrogen-bond acceptors (Lipinski definition) is 5. The third kappa shape index (κ3) is 3.05. The second-order valence-electron chi connectivity index (χ2n) is 4.32. The normalized spacial score (nSPS) is 16.1. The van der Waals surface area contributed by atoms with Crippen molar-refractivity contribution in [2.24, 2.45) is 0 Å². The molecule has 0 saturated carbocycles. The number of rotatable bonds is 3. The van der Waals surface area contributed by atoms with Gasteiger partial charge in [0.15, 0.2) is 4.90 Å². The van der Waals surface area contributed by atoms with Gasteiger partial charge in [0.25, 0.3) is 5.69 Å². The molecule has 0 amide bonds. The number of nitriles is 1. The lowest BCUT2D eigenvalue weighted by molar-refractivity contribution is -0.387. The Bertz CT molecular complexity index is 767. The van der Waals surface area contributed by atoms with Gasteiger partial charge in [-0.1, -0.05) is 17.7 Å². The van der Waals surface area contributed by atoms with Crippen LogP contribution in [0.3, 0.4) is 0 Å². The van der Waals surface area contributed by atoms with Gasteiger partial charge in [-0.2, -0.15) is 9.57 Å². The van der Waals surface area contributed by atoms with Crippen LogP contribution in [-0.4, -0.2) is 30.7 Å². The van der Waals surface area contributed by atoms with E-state index >= 15 is 0 Å². The summed E-state index contributed by atoms with van der Waals surface area (Å²) in [4.78, 5) is 9.79. The van der Waals surface area contributed by atoms with E-state index in [-0.39, 0.29) is 24.5 Å². The Balaban J connectivity index is 2.46. The zero-order valence-electron chi connectivity index (χ0n) is 10.7. The molecule has 1 aliphatic heterocycles. The zero-order chi connectivity index (χ0) is 15.6. The summed E-state index contributed by atoms with van der Waals surface area (Å²) < 4.78 is 26.1. The first-order valence-electron chi connectivity index (χ1n) is 5.89. The van der Waals surface area contributed by atoms with Crippen molar-refractivity contribution < 1.29 is 13.3 Å². The molecule has 110 valence electrons. The molecule has 21 heavy (non-hydrogen) atoms. The molecule has 7 nitrogen and oxygen atoms in total. The lowest BCUT2D eigenvalue weighted by Gasteiger charge is -2.23. The van der Waals surface area contributed by atoms with Gasteiger partial charge in [0.2, 0.25) is 10.0 Å². The molecule has 2 rings (SSSR count). The van der Waals surface area contributed by atoms with Crippen molar-refractivity contribution in [3.8, 4) is 6.07 Å². The smallest absolute Gasteiger partial charge is 0.258 e. The highest BCUT2D eigenvalue weighted by molar-refractivity contribution is 7.89. The number of halogens is 1. The molecular formula is C12H10ClN3O4S. The third-order valence-corrected chi connectivity index (χ3v) is 5.18. The van der Waals surface area contributed by atoms with Crippen molar-refractivity contribution in [3.05, 3.63) is 45.0 Å². The predicted molar refractivity (Wildman–Crippen MR) is 75.2 cm³/mol. The lowest BCUT2D eigenvalue weighted by atomic mass is 10.1. The van der Waals surface area contributed by atoms with Crippen LogP contribution in [0.25, 0.3) is 0 Å². The molecule has 0 spiro atoms. The van der Waals surface area contributed by atoms with E-state index in [9.17, 15) is 18.5 Å². The molecule has 0 fully saturated rings. The number of hydrogen-bond donors (Lipinski definition) is 0. The van der Waals surface area contributed by atoms with Crippen LogP contribution in [-0.2, 0) is 10.0 Å². The minimum Gasteiger partial charge on any atom is -0.258 e. The summed E-state index contributed by atoms with van der Waals surface area (Å²) in [5.41, 5.74) is -0.0171. The summed E-state index contributed by atoms with van der Waals surface area (Å²) in [5.74, 6) is 0. The van der Waals surface area contributed by atoms with E-state index in [2.05, 4.69) is 0 Å². The summed E-state index contributed by atoms with van der Waals surface area (Å²) in [6.07, 6.45) is 1.78. The average Bonchev–Trinajstić information content (AvgIpc) is 2.47. The van der Waals surface area contributed by atoms with Crippen LogP contribution in [0.4, 0.5) is 5.69 Å². The highest BCUT2D eigenvalue weighted by atomic mass is 35.5. The molecule has 0 unspecified atom stereocenters. The van der Waals surface area contributed by atoms with Gasteiger partial charge in [0.1, 0.15) is 0 Å². The SMILES string of the molecule is N#CC1=CCN(S(=O)(=O)c2cc(Cl)ccc2[N+](=O)[O-])CC1. The minimum absolute atomic E-state index is 0.00882. The van der Waals surface area contributed by atoms with Crippen LogP contribution < -0.4 is 0 Å². The summed E-state index contributed by atoms with van der Waals surface area (Å²) in [6, 6.07) is 5.36. The van der Waals surface area contributed by atoms with Gasteiger partial charge in [-0.25, -0.2) is 8.42 Å². The molecule has 0 saturated heterocycles. The van der Waals surface area contributed by atoms with Gasteiger partial charge < -0.3 is 0 Å². The Hall–Kier alpha value is -1.95. The van der Waals surface area contributed by atoms with Crippen LogP contribution in [0.2, 0.25) is 5.02 Å². The summed E-state index contributed by atoms with van der Waals surface area (Å²) in [7, 11) is -4.04. The lowest BCUT2D eigenvalue weighted by Crippen LogP contribution is -2.35. The molecule has 1 aromatic rings. The molecule has 9 heteroatoms. The second kappa shape index (κ2) is 5.81. The van der Waals surface area contributed by atoms with Crippen LogP contribution in [0.5, 0.6) is 0 Å². The number of sulfonamides is 1. The molecular weight excluding hydrogens is 318 g/mol. The first-order valence-corrected chi connectivity index (χ1v) is 7.71. The van der Waals surface area contributed by atoms with Crippen molar-refractivity contribution in [1.29, 1.82) is 5.26 Å². The fourth-order valence-electron chi connectivity index (χ4n) is 1.95. The van der Waals surface area contributed by atoms with Crippen molar-refractivity contribution >= 4 is 27.3 Å². The van der Waals surface area contributed by atoms with Gasteiger partial charge in [0, 0.05) is 29.8 Å². The molecule has 0 atom stereocenters. The van der Waals surface area contributed by atoms with E-state index in [4.69, 9.17) is 16.9 Å². The number of nitro groups is 1. The summed E-state index contributed by atoms with van der Waals surface area (Å²) in [5, 5.41) is 19.8. The monoisotopic (exact) mass is 327 g/mol. The highest BCUT2D eigenvalue weighted by Gasteiger charge is 2.32. The molecule has 0 aromatic heterocycles. The maximum absolute atomic E-state index is 12.5. The average molecular weight is 328 g/mol. The topological polar surface area (TPSA) is 104 Å². The molecule has 1 aromatic carbocycles. The summed E-state index contributed by atoms with van der Waals surface area (Å²) in [6.45, 7) is 0.111. The standard InChI is InChI=1S/C12H10ClN3O4S/c13-10-1-2-11(16(17)18)12(7-10)21(19,20)15-5-3-9(8-14)4-6-15/h1-3,7H,4-6H2. The number of nitrogens with zero attached hydrogens (tertiary/aromatic N) is 3. The molecule has 1 aliphatic rings. The molecule has 1 heterocycles. The van der Waals surface area contributed by atoms with E-state index in [1.165, 1.54) is 12.1 Å². The van der Waals surface area contributed by atoms with Crippen molar-refractivity contribution in [2.75, 3.05) is 13.1 Å². The highest BCUT2D eigenvalue weighted by Crippen LogP contribution is 2.30. The number of nitro benzene ring substituents is 1. The maximum Gasteiger partial charge on any atom is 0.289 e. The van der Waals surface area contributed by atoms with Crippen LogP contribution in [0.1, 0.15) is 6.42 Å². The minimum atomic E-state index is -4.04. The van der Waals surface area contributed by atoms with Crippen LogP contribution in [0, 0.1) is 21.4 Å². The first-order chi connectivity index (χ1) is 9.86. The third-order valence-electron chi connectivity index (χ3n) is 3.05. The van der Waals surface area contributed by atoms with Gasteiger partial charge in [-0.05, 0) is 18.6 Å². The van der Waals surface area contributed by atoms with Crippen molar-refractivity contribution in [3.63, 3.8) is 0 Å². The largest absolute Gasteiger partial charge is 0.289 e. The van der Waals surface area contributed by atoms with E-state index in [1.807, 2.05) is 6.07 Å². The Morgan fingerprint density at radius 3 is 2.67 bits per heavy atom. The van der Waals surface area contributed by atoms with Gasteiger partial charge in [-0.3, -0.25) is 10.1 Å². The molecule has 0 bridgehead atoms. The Kier molecular flexibility index (Phi) is 4.27. The molecule has 0 N–H and O–H groups in total.